The largest absolute Gasteiger partial charge is 0.481 e. The number of halogens is 1. The third-order valence-corrected chi connectivity index (χ3v) is 3.45. The Bertz CT molecular complexity index is 322. The minimum Gasteiger partial charge on any atom is -0.481 e. The van der Waals surface area contributed by atoms with Gasteiger partial charge in [-0.3, -0.25) is 4.79 Å². The summed E-state index contributed by atoms with van der Waals surface area (Å²) in [5, 5.41) is 12.4. The van der Waals surface area contributed by atoms with Gasteiger partial charge in [0.15, 0.2) is 0 Å². The highest BCUT2D eigenvalue weighted by molar-refractivity contribution is 9.10. The predicted molar refractivity (Wildman–Crippen MR) is 55.8 cm³/mol. The molecule has 1 rings (SSSR count). The van der Waals surface area contributed by atoms with Gasteiger partial charge in [-0.15, -0.1) is 0 Å². The van der Waals surface area contributed by atoms with E-state index < -0.39 is 11.5 Å². The zero-order chi connectivity index (χ0) is 10.1. The van der Waals surface area contributed by atoms with Crippen LogP contribution in [-0.4, -0.2) is 11.1 Å². The number of thiophene rings is 1. The van der Waals surface area contributed by atoms with Gasteiger partial charge in [-0.2, -0.15) is 11.3 Å². The Hall–Kier alpha value is -0.390. The molecule has 1 aromatic heterocycles. The molecule has 0 aliphatic carbocycles. The van der Waals surface area contributed by atoms with Gasteiger partial charge in [-0.05, 0) is 33.8 Å². The molecule has 3 N–H and O–H groups in total. The molecule has 0 unspecified atom stereocenters. The Morgan fingerprint density at radius 1 is 1.77 bits per heavy atom. The van der Waals surface area contributed by atoms with Crippen LogP contribution >= 0.6 is 27.3 Å². The fourth-order valence-electron chi connectivity index (χ4n) is 1.10. The van der Waals surface area contributed by atoms with E-state index in [9.17, 15) is 4.79 Å². The van der Waals surface area contributed by atoms with E-state index in [1.165, 1.54) is 11.3 Å². The van der Waals surface area contributed by atoms with Crippen LogP contribution < -0.4 is 5.73 Å². The summed E-state index contributed by atoms with van der Waals surface area (Å²) in [6, 6.07) is 0. The molecular weight excluding hydrogens is 254 g/mol. The van der Waals surface area contributed by atoms with Crippen LogP contribution in [0.1, 0.15) is 18.9 Å². The molecule has 0 saturated carbocycles. The van der Waals surface area contributed by atoms with Crippen molar-refractivity contribution in [2.24, 2.45) is 5.73 Å². The predicted octanol–water partition coefficient (Wildman–Crippen LogP) is 2.16. The van der Waals surface area contributed by atoms with E-state index in [4.69, 9.17) is 10.8 Å². The van der Waals surface area contributed by atoms with Crippen molar-refractivity contribution in [1.29, 1.82) is 0 Å². The number of aliphatic carboxylic acids is 1. The number of carbonyl (C=O) groups is 1. The molecule has 3 nitrogen and oxygen atoms in total. The zero-order valence-electron chi connectivity index (χ0n) is 7.08. The lowest BCUT2D eigenvalue weighted by Crippen LogP contribution is -2.35. The summed E-state index contributed by atoms with van der Waals surface area (Å²) in [4.78, 5) is 10.5. The Labute approximate surface area is 88.7 Å². The molecule has 0 bridgehead atoms. The lowest BCUT2D eigenvalue weighted by molar-refractivity contribution is -0.138. The molecule has 72 valence electrons. The first kappa shape index (κ1) is 10.7. The van der Waals surface area contributed by atoms with Gasteiger partial charge in [-0.1, -0.05) is 0 Å². The zero-order valence-corrected chi connectivity index (χ0v) is 9.48. The molecule has 0 aliphatic rings. The number of hydrogen-bond donors (Lipinski definition) is 2. The Morgan fingerprint density at radius 3 is 2.77 bits per heavy atom. The molecule has 0 saturated heterocycles. The molecule has 0 spiro atoms. The topological polar surface area (TPSA) is 63.3 Å². The van der Waals surface area contributed by atoms with Gasteiger partial charge in [0, 0.05) is 9.85 Å². The normalized spacial score (nSPS) is 15.3. The van der Waals surface area contributed by atoms with Gasteiger partial charge in [0.1, 0.15) is 0 Å². The fraction of sp³-hybridized carbons (Fsp3) is 0.375. The van der Waals surface area contributed by atoms with Crippen molar-refractivity contribution in [2.45, 2.75) is 18.9 Å². The van der Waals surface area contributed by atoms with Crippen molar-refractivity contribution in [1.82, 2.24) is 0 Å². The van der Waals surface area contributed by atoms with E-state index in [1.807, 2.05) is 10.8 Å². The highest BCUT2D eigenvalue weighted by atomic mass is 79.9. The third kappa shape index (κ3) is 2.52. The number of carboxylic acids is 1. The Morgan fingerprint density at radius 2 is 2.38 bits per heavy atom. The average molecular weight is 264 g/mol. The Kier molecular flexibility index (Phi) is 3.10. The van der Waals surface area contributed by atoms with E-state index in [1.54, 1.807) is 6.92 Å². The van der Waals surface area contributed by atoms with Crippen molar-refractivity contribution in [3.8, 4) is 0 Å². The summed E-state index contributed by atoms with van der Waals surface area (Å²) in [6.45, 7) is 1.72. The summed E-state index contributed by atoms with van der Waals surface area (Å²) in [6.07, 6.45) is -0.0671. The van der Waals surface area contributed by atoms with Crippen molar-refractivity contribution in [3.05, 3.63) is 20.8 Å². The first-order chi connectivity index (χ1) is 5.93. The van der Waals surface area contributed by atoms with E-state index in [0.717, 1.165) is 10.0 Å². The van der Waals surface area contributed by atoms with Gasteiger partial charge in [0.25, 0.3) is 0 Å². The summed E-state index contributed by atoms with van der Waals surface area (Å²) >= 11 is 4.83. The molecule has 0 amide bonds. The van der Waals surface area contributed by atoms with Crippen LogP contribution in [0.25, 0.3) is 0 Å². The number of carboxylic acid groups (broad SMARTS) is 1. The second-order valence-corrected chi connectivity index (χ2v) is 4.72. The summed E-state index contributed by atoms with van der Waals surface area (Å²) in [7, 11) is 0. The SMILES string of the molecule is C[C@@](N)(CC(=O)O)c1cscc1Br. The first-order valence-corrected chi connectivity index (χ1v) is 5.40. The maximum atomic E-state index is 10.5. The van der Waals surface area contributed by atoms with E-state index in [2.05, 4.69) is 15.9 Å². The van der Waals surface area contributed by atoms with Crippen molar-refractivity contribution in [3.63, 3.8) is 0 Å². The van der Waals surface area contributed by atoms with Gasteiger partial charge < -0.3 is 10.8 Å². The van der Waals surface area contributed by atoms with Crippen molar-refractivity contribution in [2.75, 3.05) is 0 Å². The summed E-state index contributed by atoms with van der Waals surface area (Å²) in [5.74, 6) is -0.886. The highest BCUT2D eigenvalue weighted by Gasteiger charge is 2.27. The maximum absolute atomic E-state index is 10.5. The molecule has 0 aromatic carbocycles. The summed E-state index contributed by atoms with van der Waals surface area (Å²) < 4.78 is 0.878. The quantitative estimate of drug-likeness (QED) is 0.879. The lowest BCUT2D eigenvalue weighted by atomic mass is 9.92. The van der Waals surface area contributed by atoms with Crippen LogP contribution in [-0.2, 0) is 10.3 Å². The van der Waals surface area contributed by atoms with Crippen molar-refractivity contribution >= 4 is 33.2 Å². The van der Waals surface area contributed by atoms with Crippen LogP contribution in [0, 0.1) is 0 Å². The van der Waals surface area contributed by atoms with Gasteiger partial charge in [0.05, 0.1) is 12.0 Å². The standard InChI is InChI=1S/C8H10BrNO2S/c1-8(10,2-7(11)12)5-3-13-4-6(5)9/h3-4H,2,10H2,1H3,(H,11,12)/t8-/m1/s1. The first-order valence-electron chi connectivity index (χ1n) is 3.66. The molecule has 5 heteroatoms. The third-order valence-electron chi connectivity index (χ3n) is 1.75. The van der Waals surface area contributed by atoms with E-state index >= 15 is 0 Å². The Balaban J connectivity index is 2.93. The highest BCUT2D eigenvalue weighted by Crippen LogP contribution is 2.31. The molecule has 0 fully saturated rings. The van der Waals surface area contributed by atoms with Crippen molar-refractivity contribution < 1.29 is 9.90 Å². The number of rotatable bonds is 3. The minimum absolute atomic E-state index is 0.0671. The van der Waals surface area contributed by atoms with Crippen LogP contribution in [0.4, 0.5) is 0 Å². The number of hydrogen-bond acceptors (Lipinski definition) is 3. The second-order valence-electron chi connectivity index (χ2n) is 3.12. The maximum Gasteiger partial charge on any atom is 0.305 e. The summed E-state index contributed by atoms with van der Waals surface area (Å²) in [5.41, 5.74) is 5.93. The van der Waals surface area contributed by atoms with Crippen LogP contribution in [0.5, 0.6) is 0 Å². The van der Waals surface area contributed by atoms with Crippen LogP contribution in [0.3, 0.4) is 0 Å². The molecule has 0 radical (unpaired) electrons. The van der Waals surface area contributed by atoms with Gasteiger partial charge >= 0.3 is 5.97 Å². The van der Waals surface area contributed by atoms with Gasteiger partial charge in [0.2, 0.25) is 0 Å². The molecule has 1 heterocycles. The molecule has 1 atom stereocenters. The fourth-order valence-corrected chi connectivity index (χ4v) is 2.99. The monoisotopic (exact) mass is 263 g/mol. The van der Waals surface area contributed by atoms with E-state index in [0.29, 0.717) is 0 Å². The number of nitrogens with two attached hydrogens (primary N) is 1. The average Bonchev–Trinajstić information content (AvgIpc) is 2.32. The van der Waals surface area contributed by atoms with Crippen LogP contribution in [0.15, 0.2) is 15.2 Å². The smallest absolute Gasteiger partial charge is 0.305 e. The molecule has 1 aromatic rings. The lowest BCUT2D eigenvalue weighted by Gasteiger charge is -2.22. The molecule has 0 aliphatic heterocycles. The molecule has 13 heavy (non-hydrogen) atoms. The van der Waals surface area contributed by atoms with Crippen LogP contribution in [0.2, 0.25) is 0 Å². The minimum atomic E-state index is -0.886. The molecular formula is C8H10BrNO2S. The van der Waals surface area contributed by atoms with Gasteiger partial charge in [-0.25, -0.2) is 0 Å². The second kappa shape index (κ2) is 3.77. The van der Waals surface area contributed by atoms with E-state index in [-0.39, 0.29) is 6.42 Å².